The van der Waals surface area contributed by atoms with E-state index in [1.54, 1.807) is 0 Å². The van der Waals surface area contributed by atoms with Gasteiger partial charge in [0.1, 0.15) is 5.60 Å². The predicted molar refractivity (Wildman–Crippen MR) is 66.7 cm³/mol. The smallest absolute Gasteiger partial charge is 0.410 e. The fraction of sp³-hybridized carbons (Fsp3) is 0.923. The molecule has 0 bridgehead atoms. The summed E-state index contributed by atoms with van der Waals surface area (Å²) in [6, 6.07) is 0. The highest BCUT2D eigenvalue weighted by Gasteiger charge is 2.53. The van der Waals surface area contributed by atoms with Crippen molar-refractivity contribution in [2.45, 2.75) is 58.1 Å². The normalized spacial score (nSPS) is 37.1. The molecule has 2 rings (SSSR count). The molecule has 0 aromatic heterocycles. The van der Waals surface area contributed by atoms with Gasteiger partial charge in [0.15, 0.2) is 0 Å². The van der Waals surface area contributed by atoms with Crippen molar-refractivity contribution in [1.29, 1.82) is 0 Å². The van der Waals surface area contributed by atoms with Crippen LogP contribution in [0.5, 0.6) is 0 Å². The van der Waals surface area contributed by atoms with Crippen molar-refractivity contribution in [3.05, 3.63) is 0 Å². The molecule has 4 nitrogen and oxygen atoms in total. The minimum absolute atomic E-state index is 0.0239. The van der Waals surface area contributed by atoms with Crippen molar-refractivity contribution in [3.63, 3.8) is 0 Å². The minimum atomic E-state index is -0.408. The Balaban J connectivity index is 1.89. The second kappa shape index (κ2) is 3.61. The molecule has 1 aliphatic carbocycles. The molecule has 1 amide bonds. The summed E-state index contributed by atoms with van der Waals surface area (Å²) in [6.45, 7) is 9.42. The van der Waals surface area contributed by atoms with Crippen molar-refractivity contribution in [2.24, 2.45) is 11.1 Å². The monoisotopic (exact) mass is 240 g/mol. The molecule has 1 spiro atoms. The lowest BCUT2D eigenvalue weighted by atomic mass is 9.58. The Kier molecular flexibility index (Phi) is 2.69. The summed E-state index contributed by atoms with van der Waals surface area (Å²) in [6.07, 6.45) is 2.94. The molecule has 0 aromatic carbocycles. The first kappa shape index (κ1) is 12.7. The maximum atomic E-state index is 11.9. The lowest BCUT2D eigenvalue weighted by molar-refractivity contribution is 0.0151. The number of rotatable bonds is 0. The number of amides is 1. The van der Waals surface area contributed by atoms with Crippen LogP contribution in [-0.4, -0.2) is 35.2 Å². The zero-order valence-electron chi connectivity index (χ0n) is 11.4. The molecule has 0 aromatic rings. The number of carbonyl (C=O) groups excluding carboxylic acids is 1. The molecule has 0 unspecified atom stereocenters. The van der Waals surface area contributed by atoms with E-state index in [4.69, 9.17) is 10.5 Å². The van der Waals surface area contributed by atoms with Gasteiger partial charge >= 0.3 is 6.09 Å². The Morgan fingerprint density at radius 1 is 1.35 bits per heavy atom. The highest BCUT2D eigenvalue weighted by Crippen LogP contribution is 2.52. The summed E-state index contributed by atoms with van der Waals surface area (Å²) in [5.74, 6) is 0. The molecule has 1 heterocycles. The summed E-state index contributed by atoms with van der Waals surface area (Å²) in [4.78, 5) is 13.8. The highest BCUT2D eigenvalue weighted by atomic mass is 16.6. The van der Waals surface area contributed by atoms with Crippen LogP contribution in [0.25, 0.3) is 0 Å². The fourth-order valence-electron chi connectivity index (χ4n) is 3.37. The third-order valence-corrected chi connectivity index (χ3v) is 3.65. The van der Waals surface area contributed by atoms with Gasteiger partial charge in [-0.05, 0) is 52.4 Å². The van der Waals surface area contributed by atoms with Crippen LogP contribution < -0.4 is 5.73 Å². The van der Waals surface area contributed by atoms with E-state index in [2.05, 4.69) is 6.92 Å². The highest BCUT2D eigenvalue weighted by molar-refractivity contribution is 5.68. The van der Waals surface area contributed by atoms with E-state index in [1.165, 1.54) is 0 Å². The van der Waals surface area contributed by atoms with Crippen molar-refractivity contribution in [3.8, 4) is 0 Å². The number of likely N-dealkylation sites (tertiary alicyclic amines) is 1. The zero-order chi connectivity index (χ0) is 12.9. The maximum absolute atomic E-state index is 11.9. The van der Waals surface area contributed by atoms with Gasteiger partial charge in [-0.25, -0.2) is 4.79 Å². The van der Waals surface area contributed by atoms with Crippen LogP contribution in [0.1, 0.15) is 47.0 Å². The van der Waals surface area contributed by atoms with Crippen LogP contribution in [-0.2, 0) is 4.74 Å². The zero-order valence-corrected chi connectivity index (χ0v) is 11.4. The van der Waals surface area contributed by atoms with Crippen LogP contribution in [0.4, 0.5) is 4.79 Å². The van der Waals surface area contributed by atoms with Crippen LogP contribution >= 0.6 is 0 Å². The summed E-state index contributed by atoms with van der Waals surface area (Å²) >= 11 is 0. The van der Waals surface area contributed by atoms with Gasteiger partial charge < -0.3 is 15.4 Å². The average Bonchev–Trinajstić information content (AvgIpc) is 2.43. The third-order valence-electron chi connectivity index (χ3n) is 3.65. The first-order chi connectivity index (χ1) is 7.61. The second-order valence-electron chi connectivity index (χ2n) is 7.16. The van der Waals surface area contributed by atoms with E-state index in [0.29, 0.717) is 0 Å². The first-order valence-corrected chi connectivity index (χ1v) is 6.38. The molecule has 98 valence electrons. The van der Waals surface area contributed by atoms with Crippen LogP contribution in [0.3, 0.4) is 0 Å². The number of ether oxygens (including phenoxy) is 1. The minimum Gasteiger partial charge on any atom is -0.444 e. The second-order valence-corrected chi connectivity index (χ2v) is 7.16. The lowest BCUT2D eigenvalue weighted by Gasteiger charge is -2.50. The van der Waals surface area contributed by atoms with E-state index >= 15 is 0 Å². The Morgan fingerprint density at radius 3 is 2.41 bits per heavy atom. The van der Waals surface area contributed by atoms with E-state index in [1.807, 2.05) is 25.7 Å². The van der Waals surface area contributed by atoms with Crippen molar-refractivity contribution in [1.82, 2.24) is 4.90 Å². The molecule has 17 heavy (non-hydrogen) atoms. The Hall–Kier alpha value is -0.770. The molecule has 0 radical (unpaired) electrons. The van der Waals surface area contributed by atoms with Crippen LogP contribution in [0, 0.1) is 5.41 Å². The molecule has 4 heteroatoms. The Morgan fingerprint density at radius 2 is 1.94 bits per heavy atom. The summed E-state index contributed by atoms with van der Waals surface area (Å²) in [5.41, 5.74) is 5.91. The molecule has 1 saturated carbocycles. The number of nitrogens with zero attached hydrogens (tertiary/aromatic N) is 1. The summed E-state index contributed by atoms with van der Waals surface area (Å²) < 4.78 is 5.39. The number of carbonyl (C=O) groups is 1. The molecule has 0 atom stereocenters. The van der Waals surface area contributed by atoms with Gasteiger partial charge in [0.05, 0.1) is 0 Å². The van der Waals surface area contributed by atoms with Crippen molar-refractivity contribution >= 4 is 6.09 Å². The topological polar surface area (TPSA) is 55.6 Å². The maximum Gasteiger partial charge on any atom is 0.410 e. The fourth-order valence-corrected chi connectivity index (χ4v) is 3.37. The molecular weight excluding hydrogens is 216 g/mol. The van der Waals surface area contributed by atoms with Gasteiger partial charge in [-0.2, -0.15) is 0 Å². The van der Waals surface area contributed by atoms with Gasteiger partial charge in [0.2, 0.25) is 0 Å². The van der Waals surface area contributed by atoms with Gasteiger partial charge in [0, 0.05) is 18.6 Å². The summed E-state index contributed by atoms with van der Waals surface area (Å²) in [5, 5.41) is 0. The quantitative estimate of drug-likeness (QED) is 0.705. The third kappa shape index (κ3) is 2.73. The standard InChI is InChI=1S/C13H24N2O2/c1-11(2,3)17-10(16)15-6-5-13(9-15)7-12(4,14)8-13/h5-9,14H2,1-4H3. The molecule has 1 aliphatic heterocycles. The van der Waals surface area contributed by atoms with Crippen molar-refractivity contribution < 1.29 is 9.53 Å². The SMILES string of the molecule is CC1(N)CC2(CCN(C(=O)OC(C)(C)C)C2)C1. The lowest BCUT2D eigenvalue weighted by Crippen LogP contribution is -2.57. The van der Waals surface area contributed by atoms with Crippen LogP contribution in [0.2, 0.25) is 0 Å². The largest absolute Gasteiger partial charge is 0.444 e. The molecule has 1 saturated heterocycles. The van der Waals surface area contributed by atoms with E-state index in [-0.39, 0.29) is 17.0 Å². The molecule has 2 fully saturated rings. The Bertz CT molecular complexity index is 323. The number of hydrogen-bond acceptors (Lipinski definition) is 3. The van der Waals surface area contributed by atoms with Gasteiger partial charge in [0.25, 0.3) is 0 Å². The van der Waals surface area contributed by atoms with Gasteiger partial charge in [-0.1, -0.05) is 0 Å². The predicted octanol–water partition coefficient (Wildman–Crippen LogP) is 2.12. The number of nitrogens with two attached hydrogens (primary N) is 1. The van der Waals surface area contributed by atoms with E-state index in [0.717, 1.165) is 32.4 Å². The van der Waals surface area contributed by atoms with Crippen LogP contribution in [0.15, 0.2) is 0 Å². The summed E-state index contributed by atoms with van der Waals surface area (Å²) in [7, 11) is 0. The Labute approximate surface area is 103 Å². The number of hydrogen-bond donors (Lipinski definition) is 1. The first-order valence-electron chi connectivity index (χ1n) is 6.38. The molecular formula is C13H24N2O2. The average molecular weight is 240 g/mol. The van der Waals surface area contributed by atoms with E-state index in [9.17, 15) is 4.79 Å². The van der Waals surface area contributed by atoms with E-state index < -0.39 is 5.60 Å². The van der Waals surface area contributed by atoms with Crippen molar-refractivity contribution in [2.75, 3.05) is 13.1 Å². The van der Waals surface area contributed by atoms with Gasteiger partial charge in [-0.3, -0.25) is 0 Å². The molecule has 2 N–H and O–H groups in total. The van der Waals surface area contributed by atoms with Gasteiger partial charge in [-0.15, -0.1) is 0 Å². The molecule has 2 aliphatic rings.